The van der Waals surface area contributed by atoms with Gasteiger partial charge in [-0.25, -0.2) is 4.98 Å². The van der Waals surface area contributed by atoms with Crippen LogP contribution in [-0.4, -0.2) is 11.5 Å². The molecule has 0 saturated heterocycles. The molecule has 100 valence electrons. The Morgan fingerprint density at radius 3 is 2.95 bits per heavy atom. The highest BCUT2D eigenvalue weighted by molar-refractivity contribution is 7.15. The van der Waals surface area contributed by atoms with E-state index in [4.69, 9.17) is 23.2 Å². The van der Waals surface area contributed by atoms with Crippen LogP contribution in [0.3, 0.4) is 0 Å². The van der Waals surface area contributed by atoms with Gasteiger partial charge in [-0.3, -0.25) is 0 Å². The van der Waals surface area contributed by atoms with Gasteiger partial charge in [0.15, 0.2) is 0 Å². The Labute approximate surface area is 126 Å². The summed E-state index contributed by atoms with van der Waals surface area (Å²) in [7, 11) is 0. The Morgan fingerprint density at radius 1 is 1.32 bits per heavy atom. The third kappa shape index (κ3) is 3.29. The SMILES string of the molecule is Clc1cccc(-c2cnc(CNCC3CC3)s2)c1Cl. The molecule has 0 spiro atoms. The molecular formula is C14H14Cl2N2S. The van der Waals surface area contributed by atoms with E-state index in [0.29, 0.717) is 10.0 Å². The molecule has 0 bridgehead atoms. The molecule has 0 unspecified atom stereocenters. The van der Waals surface area contributed by atoms with E-state index in [1.807, 2.05) is 18.3 Å². The molecule has 0 atom stereocenters. The lowest BCUT2D eigenvalue weighted by atomic mass is 10.2. The van der Waals surface area contributed by atoms with E-state index in [-0.39, 0.29) is 0 Å². The van der Waals surface area contributed by atoms with Gasteiger partial charge < -0.3 is 5.32 Å². The first-order valence-electron chi connectivity index (χ1n) is 6.34. The highest BCUT2D eigenvalue weighted by Crippen LogP contribution is 2.36. The Kier molecular flexibility index (Phi) is 4.08. The van der Waals surface area contributed by atoms with Crippen molar-refractivity contribution >= 4 is 34.5 Å². The van der Waals surface area contributed by atoms with Crippen LogP contribution in [0.2, 0.25) is 10.0 Å². The number of aromatic nitrogens is 1. The van der Waals surface area contributed by atoms with Gasteiger partial charge in [0.05, 0.1) is 14.9 Å². The fourth-order valence-electron chi connectivity index (χ4n) is 1.92. The van der Waals surface area contributed by atoms with Crippen LogP contribution in [0.15, 0.2) is 24.4 Å². The van der Waals surface area contributed by atoms with Crippen molar-refractivity contribution in [2.24, 2.45) is 5.92 Å². The molecule has 5 heteroatoms. The average Bonchev–Trinajstić information content (AvgIpc) is 3.10. The maximum Gasteiger partial charge on any atom is 0.107 e. The Hall–Kier alpha value is -0.610. The third-order valence-electron chi connectivity index (χ3n) is 3.18. The molecule has 1 aromatic carbocycles. The van der Waals surface area contributed by atoms with Gasteiger partial charge in [-0.2, -0.15) is 0 Å². The zero-order chi connectivity index (χ0) is 13.2. The van der Waals surface area contributed by atoms with Crippen LogP contribution in [-0.2, 0) is 6.54 Å². The summed E-state index contributed by atoms with van der Waals surface area (Å²) in [5.74, 6) is 0.891. The van der Waals surface area contributed by atoms with E-state index in [9.17, 15) is 0 Å². The van der Waals surface area contributed by atoms with Crippen molar-refractivity contribution < 1.29 is 0 Å². The number of thiazole rings is 1. The van der Waals surface area contributed by atoms with Gasteiger partial charge in [0.25, 0.3) is 0 Å². The lowest BCUT2D eigenvalue weighted by Crippen LogP contribution is -2.15. The van der Waals surface area contributed by atoms with E-state index in [1.165, 1.54) is 12.8 Å². The van der Waals surface area contributed by atoms with Gasteiger partial charge >= 0.3 is 0 Å². The molecule has 0 amide bonds. The maximum absolute atomic E-state index is 6.22. The number of rotatable bonds is 5. The summed E-state index contributed by atoms with van der Waals surface area (Å²) >= 11 is 13.9. The minimum absolute atomic E-state index is 0.584. The van der Waals surface area contributed by atoms with E-state index >= 15 is 0 Å². The molecule has 1 fully saturated rings. The summed E-state index contributed by atoms with van der Waals surface area (Å²) in [6.45, 7) is 1.94. The number of nitrogens with zero attached hydrogens (tertiary/aromatic N) is 1. The first kappa shape index (κ1) is 13.4. The van der Waals surface area contributed by atoms with Gasteiger partial charge in [0.2, 0.25) is 0 Å². The molecule has 2 aromatic rings. The molecule has 0 aliphatic heterocycles. The monoisotopic (exact) mass is 312 g/mol. The van der Waals surface area contributed by atoms with Gasteiger partial charge in [-0.1, -0.05) is 35.3 Å². The molecule has 0 radical (unpaired) electrons. The molecule has 3 rings (SSSR count). The van der Waals surface area contributed by atoms with Gasteiger partial charge in [0.1, 0.15) is 5.01 Å². The first-order valence-corrected chi connectivity index (χ1v) is 7.91. The van der Waals surface area contributed by atoms with Crippen LogP contribution in [0, 0.1) is 5.92 Å². The van der Waals surface area contributed by atoms with E-state index in [1.54, 1.807) is 17.4 Å². The fraction of sp³-hybridized carbons (Fsp3) is 0.357. The lowest BCUT2D eigenvalue weighted by molar-refractivity contribution is 0.637. The number of benzene rings is 1. The number of hydrogen-bond acceptors (Lipinski definition) is 3. The molecule has 19 heavy (non-hydrogen) atoms. The Balaban J connectivity index is 1.70. The van der Waals surface area contributed by atoms with Crippen LogP contribution in [0.4, 0.5) is 0 Å². The maximum atomic E-state index is 6.22. The third-order valence-corrected chi connectivity index (χ3v) is 5.03. The molecule has 1 aliphatic carbocycles. The molecule has 1 aliphatic rings. The van der Waals surface area contributed by atoms with Crippen molar-refractivity contribution in [2.45, 2.75) is 19.4 Å². The lowest BCUT2D eigenvalue weighted by Gasteiger charge is -2.02. The van der Waals surface area contributed by atoms with Crippen molar-refractivity contribution in [1.82, 2.24) is 10.3 Å². The number of halogens is 2. The summed E-state index contributed by atoms with van der Waals surface area (Å²) in [6.07, 6.45) is 4.61. The second-order valence-corrected chi connectivity index (χ2v) is 6.69. The highest BCUT2D eigenvalue weighted by atomic mass is 35.5. The summed E-state index contributed by atoms with van der Waals surface area (Å²) in [5, 5.41) is 5.72. The van der Waals surface area contributed by atoms with Crippen LogP contribution in [0.1, 0.15) is 17.8 Å². The summed E-state index contributed by atoms with van der Waals surface area (Å²) in [5.41, 5.74) is 0.958. The largest absolute Gasteiger partial charge is 0.310 e. The topological polar surface area (TPSA) is 24.9 Å². The summed E-state index contributed by atoms with van der Waals surface area (Å²) < 4.78 is 0. The summed E-state index contributed by atoms with van der Waals surface area (Å²) in [6, 6.07) is 5.68. The second kappa shape index (κ2) is 5.80. The first-order chi connectivity index (χ1) is 9.24. The molecule has 2 nitrogen and oxygen atoms in total. The molecule has 1 saturated carbocycles. The van der Waals surface area contributed by atoms with Crippen molar-refractivity contribution in [3.05, 3.63) is 39.4 Å². The zero-order valence-electron chi connectivity index (χ0n) is 10.3. The normalized spacial score (nSPS) is 14.8. The fourth-order valence-corrected chi connectivity index (χ4v) is 3.29. The van der Waals surface area contributed by atoms with Crippen molar-refractivity contribution in [2.75, 3.05) is 6.54 Å². The van der Waals surface area contributed by atoms with E-state index in [2.05, 4.69) is 10.3 Å². The van der Waals surface area contributed by atoms with Gasteiger partial charge in [0, 0.05) is 18.3 Å². The van der Waals surface area contributed by atoms with Crippen LogP contribution >= 0.6 is 34.5 Å². The highest BCUT2D eigenvalue weighted by Gasteiger charge is 2.20. The minimum Gasteiger partial charge on any atom is -0.310 e. The van der Waals surface area contributed by atoms with E-state index < -0.39 is 0 Å². The average molecular weight is 313 g/mol. The number of nitrogens with one attached hydrogen (secondary N) is 1. The summed E-state index contributed by atoms with van der Waals surface area (Å²) in [4.78, 5) is 5.50. The molecule has 1 heterocycles. The Morgan fingerprint density at radius 2 is 2.16 bits per heavy atom. The smallest absolute Gasteiger partial charge is 0.107 e. The van der Waals surface area contributed by atoms with Crippen LogP contribution in [0.5, 0.6) is 0 Å². The standard InChI is InChI=1S/C14H14Cl2N2S/c15-11-3-1-2-10(14(11)16)12-7-18-13(19-12)8-17-6-9-4-5-9/h1-3,7,9,17H,4-6,8H2. The van der Waals surface area contributed by atoms with Crippen molar-refractivity contribution in [1.29, 1.82) is 0 Å². The predicted molar refractivity (Wildman–Crippen MR) is 82.0 cm³/mol. The molecule has 1 N–H and O–H groups in total. The minimum atomic E-state index is 0.584. The van der Waals surface area contributed by atoms with Crippen molar-refractivity contribution in [3.8, 4) is 10.4 Å². The second-order valence-electron chi connectivity index (χ2n) is 4.79. The quantitative estimate of drug-likeness (QED) is 0.871. The number of hydrogen-bond donors (Lipinski definition) is 1. The van der Waals surface area contributed by atoms with Crippen LogP contribution in [0.25, 0.3) is 10.4 Å². The molecular weight excluding hydrogens is 299 g/mol. The molecule has 1 aromatic heterocycles. The predicted octanol–water partition coefficient (Wildman–Crippen LogP) is 4.62. The van der Waals surface area contributed by atoms with Gasteiger partial charge in [-0.05, 0) is 31.4 Å². The van der Waals surface area contributed by atoms with Crippen LogP contribution < -0.4 is 5.32 Å². The zero-order valence-corrected chi connectivity index (χ0v) is 12.7. The van der Waals surface area contributed by atoms with Gasteiger partial charge in [-0.15, -0.1) is 11.3 Å². The van der Waals surface area contributed by atoms with Crippen molar-refractivity contribution in [3.63, 3.8) is 0 Å². The van der Waals surface area contributed by atoms with E-state index in [0.717, 1.165) is 34.5 Å². The Bertz CT molecular complexity index is 579.